The average Bonchev–Trinajstić information content (AvgIpc) is 3.45. The third-order valence-electron chi connectivity index (χ3n) is 7.76. The van der Waals surface area contributed by atoms with Crippen LogP contribution in [0.2, 0.25) is 0 Å². The number of carbonyl (C=O) groups excluding carboxylic acids is 2. The summed E-state index contributed by atoms with van der Waals surface area (Å²) in [5.41, 5.74) is 1.78. The molecule has 1 spiro atoms. The molecule has 2 aliphatic rings. The van der Waals surface area contributed by atoms with Gasteiger partial charge in [0.05, 0.1) is 18.6 Å². The number of nitrogens with zero attached hydrogens (tertiary/aromatic N) is 2. The van der Waals surface area contributed by atoms with Crippen LogP contribution in [0.5, 0.6) is 11.5 Å². The Morgan fingerprint density at radius 3 is 2.71 bits per heavy atom. The number of methoxy groups -OCH3 is 1. The second-order valence-electron chi connectivity index (χ2n) is 10.4. The average molecular weight is 518 g/mol. The van der Waals surface area contributed by atoms with Gasteiger partial charge in [0.15, 0.2) is 11.5 Å². The second kappa shape index (κ2) is 11.3. The fraction of sp³-hybridized carbons (Fsp3) is 0.433. The van der Waals surface area contributed by atoms with Gasteiger partial charge >= 0.3 is 0 Å². The van der Waals surface area contributed by atoms with Crippen molar-refractivity contribution in [3.05, 3.63) is 65.9 Å². The van der Waals surface area contributed by atoms with Crippen molar-refractivity contribution in [2.75, 3.05) is 26.8 Å². The molecule has 0 unspecified atom stereocenters. The molecule has 3 heterocycles. The molecule has 1 saturated heterocycles. The lowest BCUT2D eigenvalue weighted by atomic mass is 9.73. The maximum atomic E-state index is 13.5. The molecular weight excluding hydrogens is 482 g/mol. The standard InChI is InChI=1S/C30H35N3O5/c1-21-20-37-26-12-4-3-8-22(26)9-5-6-13-30(29(35)31-21)14-16-33(17-15-30)28(34)25-19-27(38-32-25)23-10-7-11-24(18-23)36-2/h3-4,7-8,10-12,18-19,21H,5-6,9,13-17,20H2,1-2H3,(H,31,35)/t21-/m0/s1. The van der Waals surface area contributed by atoms with Gasteiger partial charge in [-0.2, -0.15) is 0 Å². The SMILES string of the molecule is COc1cccc(-c2cc(C(=O)N3CCC4(CCCCc5ccccc5OC[C@H](C)NC4=O)CC3)no2)c1. The Morgan fingerprint density at radius 2 is 1.89 bits per heavy atom. The summed E-state index contributed by atoms with van der Waals surface area (Å²) < 4.78 is 16.8. The number of hydrogen-bond acceptors (Lipinski definition) is 6. The highest BCUT2D eigenvalue weighted by atomic mass is 16.5. The molecule has 1 N–H and O–H groups in total. The van der Waals surface area contributed by atoms with Crippen molar-refractivity contribution in [2.45, 2.75) is 51.5 Å². The normalized spacial score (nSPS) is 19.9. The van der Waals surface area contributed by atoms with Gasteiger partial charge in [0.1, 0.15) is 18.1 Å². The van der Waals surface area contributed by atoms with Gasteiger partial charge in [-0.1, -0.05) is 41.9 Å². The van der Waals surface area contributed by atoms with Gasteiger partial charge in [-0.25, -0.2) is 0 Å². The Labute approximate surface area is 223 Å². The van der Waals surface area contributed by atoms with Gasteiger partial charge in [0.25, 0.3) is 5.91 Å². The molecule has 0 saturated carbocycles. The summed E-state index contributed by atoms with van der Waals surface area (Å²) in [7, 11) is 1.60. The summed E-state index contributed by atoms with van der Waals surface area (Å²) in [6, 6.07) is 17.1. The zero-order chi connectivity index (χ0) is 26.5. The van der Waals surface area contributed by atoms with Crippen LogP contribution >= 0.6 is 0 Å². The molecule has 38 heavy (non-hydrogen) atoms. The molecule has 2 aliphatic heterocycles. The van der Waals surface area contributed by atoms with Crippen LogP contribution in [0.25, 0.3) is 11.3 Å². The monoisotopic (exact) mass is 517 g/mol. The second-order valence-corrected chi connectivity index (χ2v) is 10.4. The number of ether oxygens (including phenoxy) is 2. The smallest absolute Gasteiger partial charge is 0.276 e. The highest BCUT2D eigenvalue weighted by Gasteiger charge is 2.42. The van der Waals surface area contributed by atoms with E-state index in [0.29, 0.717) is 44.0 Å². The lowest BCUT2D eigenvalue weighted by molar-refractivity contribution is -0.135. The molecule has 0 aliphatic carbocycles. The van der Waals surface area contributed by atoms with E-state index in [0.717, 1.165) is 37.0 Å². The van der Waals surface area contributed by atoms with E-state index in [2.05, 4.69) is 16.5 Å². The molecule has 2 aromatic carbocycles. The van der Waals surface area contributed by atoms with E-state index in [1.54, 1.807) is 18.1 Å². The fourth-order valence-corrected chi connectivity index (χ4v) is 5.44. The Morgan fingerprint density at radius 1 is 1.08 bits per heavy atom. The number of aryl methyl sites for hydroxylation is 1. The quantitative estimate of drug-likeness (QED) is 0.532. The molecule has 0 bridgehead atoms. The molecule has 1 fully saturated rings. The van der Waals surface area contributed by atoms with E-state index in [1.807, 2.05) is 49.4 Å². The van der Waals surface area contributed by atoms with Gasteiger partial charge in [0, 0.05) is 24.7 Å². The van der Waals surface area contributed by atoms with Gasteiger partial charge < -0.3 is 24.2 Å². The van der Waals surface area contributed by atoms with Crippen LogP contribution < -0.4 is 14.8 Å². The van der Waals surface area contributed by atoms with Gasteiger partial charge in [-0.15, -0.1) is 0 Å². The first-order valence-electron chi connectivity index (χ1n) is 13.4. The minimum Gasteiger partial charge on any atom is -0.497 e. The number of benzene rings is 2. The summed E-state index contributed by atoms with van der Waals surface area (Å²) in [6.45, 7) is 3.40. The molecule has 2 amide bonds. The highest BCUT2D eigenvalue weighted by molar-refractivity contribution is 5.93. The van der Waals surface area contributed by atoms with Crippen molar-refractivity contribution in [3.63, 3.8) is 0 Å². The van der Waals surface area contributed by atoms with E-state index < -0.39 is 5.41 Å². The Balaban J connectivity index is 1.25. The van der Waals surface area contributed by atoms with Crippen molar-refractivity contribution < 1.29 is 23.6 Å². The van der Waals surface area contributed by atoms with Crippen LogP contribution in [0.4, 0.5) is 0 Å². The summed E-state index contributed by atoms with van der Waals surface area (Å²) in [5.74, 6) is 2.00. The molecule has 0 radical (unpaired) electrons. The number of hydrogen-bond donors (Lipinski definition) is 1. The Bertz CT molecular complexity index is 1280. The van der Waals surface area contributed by atoms with Gasteiger partial charge in [0.2, 0.25) is 5.91 Å². The molecule has 1 atom stereocenters. The predicted molar refractivity (Wildman–Crippen MR) is 143 cm³/mol. The number of piperidine rings is 1. The summed E-state index contributed by atoms with van der Waals surface area (Å²) in [4.78, 5) is 28.6. The largest absolute Gasteiger partial charge is 0.497 e. The topological polar surface area (TPSA) is 93.9 Å². The number of nitrogens with one attached hydrogen (secondary N) is 1. The molecule has 1 aromatic heterocycles. The molecular formula is C30H35N3O5. The first kappa shape index (κ1) is 25.8. The first-order valence-corrected chi connectivity index (χ1v) is 13.4. The number of amides is 2. The van der Waals surface area contributed by atoms with Gasteiger partial charge in [-0.05, 0) is 62.8 Å². The maximum Gasteiger partial charge on any atom is 0.276 e. The van der Waals surface area contributed by atoms with Gasteiger partial charge in [-0.3, -0.25) is 9.59 Å². The Hall–Kier alpha value is -3.81. The van der Waals surface area contributed by atoms with Crippen molar-refractivity contribution >= 4 is 11.8 Å². The van der Waals surface area contributed by atoms with E-state index in [9.17, 15) is 9.59 Å². The van der Waals surface area contributed by atoms with Crippen molar-refractivity contribution in [1.82, 2.24) is 15.4 Å². The number of para-hydroxylation sites is 1. The van der Waals surface area contributed by atoms with E-state index in [1.165, 1.54) is 5.56 Å². The zero-order valence-corrected chi connectivity index (χ0v) is 22.1. The zero-order valence-electron chi connectivity index (χ0n) is 22.1. The molecule has 8 nitrogen and oxygen atoms in total. The van der Waals surface area contributed by atoms with Crippen molar-refractivity contribution in [1.29, 1.82) is 0 Å². The summed E-state index contributed by atoms with van der Waals surface area (Å²) >= 11 is 0. The lowest BCUT2D eigenvalue weighted by Gasteiger charge is -2.41. The third kappa shape index (κ3) is 5.54. The van der Waals surface area contributed by atoms with Crippen LogP contribution in [0.1, 0.15) is 55.1 Å². The minimum atomic E-state index is -0.487. The number of aromatic nitrogens is 1. The molecule has 200 valence electrons. The van der Waals surface area contributed by atoms with E-state index >= 15 is 0 Å². The predicted octanol–water partition coefficient (Wildman–Crippen LogP) is 4.88. The maximum absolute atomic E-state index is 13.5. The van der Waals surface area contributed by atoms with Crippen LogP contribution in [0.15, 0.2) is 59.1 Å². The first-order chi connectivity index (χ1) is 18.5. The number of carbonyl (C=O) groups is 2. The van der Waals surface area contributed by atoms with Crippen molar-refractivity contribution in [2.24, 2.45) is 5.41 Å². The summed E-state index contributed by atoms with van der Waals surface area (Å²) in [6.07, 6.45) is 4.90. The number of likely N-dealkylation sites (tertiary alicyclic amines) is 1. The van der Waals surface area contributed by atoms with Crippen LogP contribution in [-0.2, 0) is 11.2 Å². The van der Waals surface area contributed by atoms with Crippen LogP contribution in [-0.4, -0.2) is 54.7 Å². The Kier molecular flexibility index (Phi) is 7.67. The van der Waals surface area contributed by atoms with E-state index in [4.69, 9.17) is 14.0 Å². The van der Waals surface area contributed by atoms with Crippen molar-refractivity contribution in [3.8, 4) is 22.8 Å². The molecule has 5 rings (SSSR count). The van der Waals surface area contributed by atoms with Crippen LogP contribution in [0.3, 0.4) is 0 Å². The number of fused-ring (bicyclic) bond motifs is 1. The van der Waals surface area contributed by atoms with E-state index in [-0.39, 0.29) is 23.6 Å². The fourth-order valence-electron chi connectivity index (χ4n) is 5.44. The highest BCUT2D eigenvalue weighted by Crippen LogP contribution is 2.38. The molecule has 3 aromatic rings. The lowest BCUT2D eigenvalue weighted by Crippen LogP contribution is -2.52. The molecule has 8 heteroatoms. The number of rotatable bonds is 3. The van der Waals surface area contributed by atoms with Crippen LogP contribution in [0, 0.1) is 5.41 Å². The third-order valence-corrected chi connectivity index (χ3v) is 7.76. The summed E-state index contributed by atoms with van der Waals surface area (Å²) in [5, 5.41) is 7.23. The minimum absolute atomic E-state index is 0.0660.